The summed E-state index contributed by atoms with van der Waals surface area (Å²) in [5.41, 5.74) is 5.54. The molecule has 0 aliphatic carbocycles. The average Bonchev–Trinajstić information content (AvgIpc) is 2.94. The second-order valence-electron chi connectivity index (χ2n) is 5.85. The lowest BCUT2D eigenvalue weighted by Crippen LogP contribution is -2.45. The number of likely N-dealkylation sites (N-methyl/N-ethyl adjacent to an activating group) is 1. The molecule has 116 valence electrons. The first-order valence-corrected chi connectivity index (χ1v) is 7.73. The van der Waals surface area contributed by atoms with Gasteiger partial charge in [0.2, 0.25) is 5.91 Å². The fraction of sp³-hybridized carbons (Fsp3) is 0.929. The Bertz CT molecular complexity index is 306. The third-order valence-electron chi connectivity index (χ3n) is 4.21. The molecule has 0 aromatic carbocycles. The SMILES string of the molecule is CN1CCN(CCCNC(=O)C2CCC(CN)O2)CC1. The van der Waals surface area contributed by atoms with Gasteiger partial charge in [-0.2, -0.15) is 0 Å². The highest BCUT2D eigenvalue weighted by Crippen LogP contribution is 2.18. The molecule has 2 unspecified atom stereocenters. The van der Waals surface area contributed by atoms with Crippen LogP contribution in [0.2, 0.25) is 0 Å². The molecular weight excluding hydrogens is 256 g/mol. The van der Waals surface area contributed by atoms with E-state index in [4.69, 9.17) is 10.5 Å². The van der Waals surface area contributed by atoms with Gasteiger partial charge in [-0.15, -0.1) is 0 Å². The second kappa shape index (κ2) is 7.93. The summed E-state index contributed by atoms with van der Waals surface area (Å²) in [6.45, 7) is 6.85. The minimum atomic E-state index is -0.285. The van der Waals surface area contributed by atoms with E-state index in [-0.39, 0.29) is 18.1 Å². The van der Waals surface area contributed by atoms with E-state index < -0.39 is 0 Å². The van der Waals surface area contributed by atoms with Crippen LogP contribution in [0.4, 0.5) is 0 Å². The molecule has 20 heavy (non-hydrogen) atoms. The van der Waals surface area contributed by atoms with Gasteiger partial charge in [-0.3, -0.25) is 4.79 Å². The average molecular weight is 284 g/mol. The van der Waals surface area contributed by atoms with Crippen LogP contribution in [0.25, 0.3) is 0 Å². The van der Waals surface area contributed by atoms with Gasteiger partial charge in [-0.1, -0.05) is 0 Å². The van der Waals surface area contributed by atoms with Gasteiger partial charge in [-0.25, -0.2) is 0 Å². The van der Waals surface area contributed by atoms with Gasteiger partial charge in [0.25, 0.3) is 0 Å². The van der Waals surface area contributed by atoms with Crippen molar-refractivity contribution in [2.45, 2.75) is 31.5 Å². The summed E-state index contributed by atoms with van der Waals surface area (Å²) in [7, 11) is 2.16. The summed E-state index contributed by atoms with van der Waals surface area (Å²) < 4.78 is 5.58. The molecule has 2 saturated heterocycles. The van der Waals surface area contributed by atoms with Crippen LogP contribution in [0.5, 0.6) is 0 Å². The number of hydrogen-bond donors (Lipinski definition) is 2. The number of nitrogens with two attached hydrogens (primary N) is 1. The summed E-state index contributed by atoms with van der Waals surface area (Å²) in [4.78, 5) is 16.7. The van der Waals surface area contributed by atoms with E-state index in [1.807, 2.05) is 0 Å². The molecular formula is C14H28N4O2. The number of piperazine rings is 1. The van der Waals surface area contributed by atoms with Crippen LogP contribution in [0, 0.1) is 0 Å². The monoisotopic (exact) mass is 284 g/mol. The number of hydrogen-bond acceptors (Lipinski definition) is 5. The molecule has 0 saturated carbocycles. The molecule has 2 aliphatic rings. The summed E-state index contributed by atoms with van der Waals surface area (Å²) in [5, 5.41) is 2.98. The minimum absolute atomic E-state index is 0.0272. The van der Waals surface area contributed by atoms with Crippen molar-refractivity contribution in [2.75, 3.05) is 52.9 Å². The van der Waals surface area contributed by atoms with Crippen molar-refractivity contribution < 1.29 is 9.53 Å². The molecule has 0 bridgehead atoms. The number of amides is 1. The summed E-state index contributed by atoms with van der Waals surface area (Å²) in [6.07, 6.45) is 2.48. The lowest BCUT2D eigenvalue weighted by molar-refractivity contribution is -0.131. The van der Waals surface area contributed by atoms with Crippen LogP contribution in [0.3, 0.4) is 0 Å². The van der Waals surface area contributed by atoms with Gasteiger partial charge in [-0.05, 0) is 32.9 Å². The van der Waals surface area contributed by atoms with Crippen LogP contribution < -0.4 is 11.1 Å². The predicted molar refractivity (Wildman–Crippen MR) is 78.5 cm³/mol. The Morgan fingerprint density at radius 2 is 2.05 bits per heavy atom. The number of ether oxygens (including phenoxy) is 1. The van der Waals surface area contributed by atoms with Crippen molar-refractivity contribution in [2.24, 2.45) is 5.73 Å². The molecule has 2 aliphatic heterocycles. The minimum Gasteiger partial charge on any atom is -0.364 e. The number of carbonyl (C=O) groups excluding carboxylic acids is 1. The Morgan fingerprint density at radius 3 is 2.70 bits per heavy atom. The van der Waals surface area contributed by atoms with Crippen LogP contribution >= 0.6 is 0 Å². The quantitative estimate of drug-likeness (QED) is 0.628. The number of nitrogens with one attached hydrogen (secondary N) is 1. The molecule has 0 radical (unpaired) electrons. The Morgan fingerprint density at radius 1 is 1.30 bits per heavy atom. The molecule has 6 heteroatoms. The van der Waals surface area contributed by atoms with Crippen LogP contribution in [0.1, 0.15) is 19.3 Å². The standard InChI is InChI=1S/C14H28N4O2/c1-17-7-9-18(10-8-17)6-2-5-16-14(19)13-4-3-12(11-15)20-13/h12-13H,2-11,15H2,1H3,(H,16,19). The van der Waals surface area contributed by atoms with Crippen LogP contribution in [0.15, 0.2) is 0 Å². The molecule has 2 fully saturated rings. The van der Waals surface area contributed by atoms with Gasteiger partial charge in [0.05, 0.1) is 6.10 Å². The van der Waals surface area contributed by atoms with Crippen LogP contribution in [-0.2, 0) is 9.53 Å². The summed E-state index contributed by atoms with van der Waals surface area (Å²) in [6, 6.07) is 0. The smallest absolute Gasteiger partial charge is 0.249 e. The first kappa shape index (κ1) is 15.7. The third kappa shape index (κ3) is 4.70. The van der Waals surface area contributed by atoms with Crippen molar-refractivity contribution in [3.8, 4) is 0 Å². The Hall–Kier alpha value is -0.690. The number of carbonyl (C=O) groups is 1. The second-order valence-corrected chi connectivity index (χ2v) is 5.85. The maximum atomic E-state index is 11.9. The van der Waals surface area contributed by atoms with Gasteiger partial charge in [0.1, 0.15) is 6.10 Å². The van der Waals surface area contributed by atoms with Gasteiger partial charge >= 0.3 is 0 Å². The predicted octanol–water partition coefficient (Wildman–Crippen LogP) is -0.754. The molecule has 0 spiro atoms. The third-order valence-corrected chi connectivity index (χ3v) is 4.21. The number of rotatable bonds is 6. The van der Waals surface area contributed by atoms with E-state index >= 15 is 0 Å². The Kier molecular flexibility index (Phi) is 6.22. The van der Waals surface area contributed by atoms with E-state index in [1.165, 1.54) is 0 Å². The maximum Gasteiger partial charge on any atom is 0.249 e. The molecule has 2 atom stereocenters. The highest BCUT2D eigenvalue weighted by atomic mass is 16.5. The molecule has 6 nitrogen and oxygen atoms in total. The molecule has 2 rings (SSSR count). The van der Waals surface area contributed by atoms with Crippen molar-refractivity contribution in [3.05, 3.63) is 0 Å². The first-order valence-electron chi connectivity index (χ1n) is 7.73. The molecule has 2 heterocycles. The first-order chi connectivity index (χ1) is 9.69. The fourth-order valence-electron chi connectivity index (χ4n) is 2.77. The van der Waals surface area contributed by atoms with Gasteiger partial charge in [0.15, 0.2) is 0 Å². The molecule has 0 aromatic heterocycles. The van der Waals surface area contributed by atoms with E-state index in [0.717, 1.165) is 58.5 Å². The Balaban J connectivity index is 1.53. The summed E-state index contributed by atoms with van der Waals surface area (Å²) in [5.74, 6) is 0.0272. The zero-order valence-corrected chi connectivity index (χ0v) is 12.5. The highest BCUT2D eigenvalue weighted by Gasteiger charge is 2.29. The lowest BCUT2D eigenvalue weighted by Gasteiger charge is -2.32. The Labute approximate surface area is 121 Å². The van der Waals surface area contributed by atoms with E-state index in [9.17, 15) is 4.79 Å². The zero-order valence-electron chi connectivity index (χ0n) is 12.5. The maximum absolute atomic E-state index is 11.9. The van der Waals surface area contributed by atoms with Gasteiger partial charge < -0.3 is 25.6 Å². The van der Waals surface area contributed by atoms with Crippen molar-refractivity contribution >= 4 is 5.91 Å². The molecule has 1 amide bonds. The van der Waals surface area contributed by atoms with Gasteiger partial charge in [0, 0.05) is 39.3 Å². The normalized spacial score (nSPS) is 28.7. The number of nitrogens with zero attached hydrogens (tertiary/aromatic N) is 2. The largest absolute Gasteiger partial charge is 0.364 e. The lowest BCUT2D eigenvalue weighted by atomic mass is 10.2. The highest BCUT2D eigenvalue weighted by molar-refractivity contribution is 5.80. The van der Waals surface area contributed by atoms with Crippen LogP contribution in [-0.4, -0.2) is 80.8 Å². The molecule has 3 N–H and O–H groups in total. The van der Waals surface area contributed by atoms with E-state index in [0.29, 0.717) is 6.54 Å². The fourth-order valence-corrected chi connectivity index (χ4v) is 2.77. The van der Waals surface area contributed by atoms with E-state index in [2.05, 4.69) is 22.2 Å². The summed E-state index contributed by atoms with van der Waals surface area (Å²) >= 11 is 0. The molecule has 0 aromatic rings. The van der Waals surface area contributed by atoms with Crippen molar-refractivity contribution in [1.82, 2.24) is 15.1 Å². The van der Waals surface area contributed by atoms with Crippen molar-refractivity contribution in [1.29, 1.82) is 0 Å². The van der Waals surface area contributed by atoms with Crippen molar-refractivity contribution in [3.63, 3.8) is 0 Å². The van der Waals surface area contributed by atoms with E-state index in [1.54, 1.807) is 0 Å². The topological polar surface area (TPSA) is 70.8 Å². The zero-order chi connectivity index (χ0) is 14.4.